The number of nitrogens with zero attached hydrogens (tertiary/aromatic N) is 1. The molecule has 0 unspecified atom stereocenters. The highest BCUT2D eigenvalue weighted by atomic mass is 79.9. The first kappa shape index (κ1) is 15.0. The Bertz CT molecular complexity index is 384. The summed E-state index contributed by atoms with van der Waals surface area (Å²) in [4.78, 5) is 12.6. The molecule has 4 nitrogen and oxygen atoms in total. The first-order valence-corrected chi connectivity index (χ1v) is 6.74. The second-order valence-corrected chi connectivity index (χ2v) is 4.80. The molecule has 0 bridgehead atoms. The summed E-state index contributed by atoms with van der Waals surface area (Å²) in [5.74, 6) is -0.0198. The van der Waals surface area contributed by atoms with E-state index in [1.54, 1.807) is 0 Å². The molecule has 0 amide bonds. The van der Waals surface area contributed by atoms with Gasteiger partial charge < -0.3 is 9.84 Å². The van der Waals surface area contributed by atoms with Gasteiger partial charge >= 0.3 is 5.97 Å². The molecule has 0 spiro atoms. The van der Waals surface area contributed by atoms with E-state index in [1.807, 2.05) is 36.1 Å². The van der Waals surface area contributed by atoms with Crippen LogP contribution in [0.15, 0.2) is 28.7 Å². The zero-order valence-corrected chi connectivity index (χ0v) is 12.0. The highest BCUT2D eigenvalue weighted by Gasteiger charge is 2.08. The normalized spacial score (nSPS) is 10.6. The molecule has 5 heteroatoms. The average molecular weight is 316 g/mol. The molecule has 1 rings (SSSR count). The van der Waals surface area contributed by atoms with Crippen LogP contribution in [0.1, 0.15) is 13.3 Å². The second-order valence-electron chi connectivity index (χ2n) is 3.95. The lowest BCUT2D eigenvalue weighted by atomic mass is 10.3. The zero-order valence-electron chi connectivity index (χ0n) is 10.4. The summed E-state index contributed by atoms with van der Waals surface area (Å²) in [6.07, 6.45) is 0.933. The molecule has 1 aromatic carbocycles. The van der Waals surface area contributed by atoms with Crippen LogP contribution in [-0.4, -0.2) is 42.2 Å². The van der Waals surface area contributed by atoms with E-state index in [2.05, 4.69) is 15.9 Å². The van der Waals surface area contributed by atoms with Crippen LogP contribution in [0.5, 0.6) is 5.75 Å². The van der Waals surface area contributed by atoms with E-state index in [0.717, 1.165) is 23.2 Å². The Morgan fingerprint density at radius 2 is 2.11 bits per heavy atom. The maximum absolute atomic E-state index is 10.7. The van der Waals surface area contributed by atoms with Gasteiger partial charge in [0.1, 0.15) is 12.4 Å². The van der Waals surface area contributed by atoms with Gasteiger partial charge in [0.25, 0.3) is 0 Å². The van der Waals surface area contributed by atoms with E-state index in [0.29, 0.717) is 13.2 Å². The molecular formula is C13H18BrNO3. The Labute approximate surface area is 116 Å². The van der Waals surface area contributed by atoms with Gasteiger partial charge in [-0.3, -0.25) is 9.69 Å². The first-order chi connectivity index (χ1) is 8.63. The van der Waals surface area contributed by atoms with Crippen LogP contribution >= 0.6 is 15.9 Å². The number of aliphatic carboxylic acids is 1. The van der Waals surface area contributed by atoms with Crippen molar-refractivity contribution in [3.63, 3.8) is 0 Å². The summed E-state index contributed by atoms with van der Waals surface area (Å²) in [5.41, 5.74) is 0. The predicted molar refractivity (Wildman–Crippen MR) is 74.0 cm³/mol. The van der Waals surface area contributed by atoms with Gasteiger partial charge in [-0.15, -0.1) is 0 Å². The second kappa shape index (κ2) is 8.11. The fourth-order valence-corrected chi connectivity index (χ4v) is 2.02. The van der Waals surface area contributed by atoms with Crippen LogP contribution in [0, 0.1) is 0 Å². The summed E-state index contributed by atoms with van der Waals surface area (Å²) in [6, 6.07) is 7.62. The molecule has 0 heterocycles. The molecule has 0 fully saturated rings. The van der Waals surface area contributed by atoms with E-state index >= 15 is 0 Å². The van der Waals surface area contributed by atoms with E-state index in [4.69, 9.17) is 9.84 Å². The third kappa shape index (κ3) is 5.51. The minimum atomic E-state index is -0.802. The number of rotatable bonds is 8. The van der Waals surface area contributed by atoms with Crippen LogP contribution in [-0.2, 0) is 4.79 Å². The lowest BCUT2D eigenvalue weighted by Crippen LogP contribution is -2.34. The van der Waals surface area contributed by atoms with Crippen molar-refractivity contribution in [2.75, 3.05) is 26.2 Å². The quantitative estimate of drug-likeness (QED) is 0.801. The third-order valence-electron chi connectivity index (χ3n) is 2.40. The topological polar surface area (TPSA) is 49.8 Å². The summed E-state index contributed by atoms with van der Waals surface area (Å²) >= 11 is 3.40. The molecule has 0 aliphatic heterocycles. The Balaban J connectivity index is 2.38. The molecule has 0 saturated carbocycles. The summed E-state index contributed by atoms with van der Waals surface area (Å²) < 4.78 is 6.52. The Hall–Kier alpha value is -1.07. The molecule has 1 aromatic rings. The molecule has 0 aromatic heterocycles. The molecule has 100 valence electrons. The van der Waals surface area contributed by atoms with Gasteiger partial charge in [0.15, 0.2) is 0 Å². The lowest BCUT2D eigenvalue weighted by molar-refractivity contribution is -0.138. The van der Waals surface area contributed by atoms with Crippen LogP contribution < -0.4 is 4.74 Å². The number of carbonyl (C=O) groups is 1. The summed E-state index contributed by atoms with van der Waals surface area (Å²) in [6.45, 7) is 3.96. The third-order valence-corrected chi connectivity index (χ3v) is 3.06. The van der Waals surface area contributed by atoms with Gasteiger partial charge in [0.2, 0.25) is 0 Å². The molecule has 0 saturated heterocycles. The lowest BCUT2D eigenvalue weighted by Gasteiger charge is -2.19. The highest BCUT2D eigenvalue weighted by molar-refractivity contribution is 9.10. The van der Waals surface area contributed by atoms with Gasteiger partial charge in [0, 0.05) is 6.54 Å². The van der Waals surface area contributed by atoms with Crippen LogP contribution in [0.25, 0.3) is 0 Å². The molecular weight excluding hydrogens is 298 g/mol. The fourth-order valence-electron chi connectivity index (χ4n) is 1.62. The van der Waals surface area contributed by atoms with Crippen molar-refractivity contribution in [1.29, 1.82) is 0 Å². The minimum Gasteiger partial charge on any atom is -0.491 e. The van der Waals surface area contributed by atoms with Gasteiger partial charge in [-0.25, -0.2) is 0 Å². The smallest absolute Gasteiger partial charge is 0.317 e. The van der Waals surface area contributed by atoms with Gasteiger partial charge in [-0.2, -0.15) is 0 Å². The van der Waals surface area contributed by atoms with Crippen molar-refractivity contribution in [1.82, 2.24) is 4.90 Å². The molecule has 0 aliphatic carbocycles. The van der Waals surface area contributed by atoms with Crippen molar-refractivity contribution in [2.24, 2.45) is 0 Å². The van der Waals surface area contributed by atoms with Crippen molar-refractivity contribution in [3.8, 4) is 5.75 Å². The number of halogens is 1. The van der Waals surface area contributed by atoms with E-state index in [1.165, 1.54) is 0 Å². The predicted octanol–water partition coefficient (Wildman–Crippen LogP) is 2.62. The summed E-state index contributed by atoms with van der Waals surface area (Å²) in [7, 11) is 0. The standard InChI is InChI=1S/C13H18BrNO3/c1-2-7-15(10-13(16)17)8-9-18-12-6-4-3-5-11(12)14/h3-6H,2,7-10H2,1H3,(H,16,17). The maximum atomic E-state index is 10.7. The molecule has 0 radical (unpaired) electrons. The number of para-hydroxylation sites is 1. The molecule has 18 heavy (non-hydrogen) atoms. The minimum absolute atomic E-state index is 0.0627. The van der Waals surface area contributed by atoms with E-state index < -0.39 is 5.97 Å². The largest absolute Gasteiger partial charge is 0.491 e. The van der Waals surface area contributed by atoms with Crippen molar-refractivity contribution >= 4 is 21.9 Å². The molecule has 0 aliphatic rings. The number of ether oxygens (including phenoxy) is 1. The average Bonchev–Trinajstić information content (AvgIpc) is 2.31. The first-order valence-electron chi connectivity index (χ1n) is 5.95. The van der Waals surface area contributed by atoms with E-state index in [-0.39, 0.29) is 6.54 Å². The van der Waals surface area contributed by atoms with Crippen molar-refractivity contribution < 1.29 is 14.6 Å². The Kier molecular flexibility index (Phi) is 6.75. The molecule has 0 atom stereocenters. The molecule has 1 N–H and O–H groups in total. The van der Waals surface area contributed by atoms with Gasteiger partial charge in [0.05, 0.1) is 11.0 Å². The van der Waals surface area contributed by atoms with Crippen molar-refractivity contribution in [3.05, 3.63) is 28.7 Å². The van der Waals surface area contributed by atoms with Gasteiger partial charge in [-0.1, -0.05) is 19.1 Å². The monoisotopic (exact) mass is 315 g/mol. The van der Waals surface area contributed by atoms with Crippen molar-refractivity contribution in [2.45, 2.75) is 13.3 Å². The maximum Gasteiger partial charge on any atom is 0.317 e. The number of hydrogen-bond donors (Lipinski definition) is 1. The highest BCUT2D eigenvalue weighted by Crippen LogP contribution is 2.23. The number of carboxylic acids is 1. The number of carboxylic acid groups (broad SMARTS) is 1. The Morgan fingerprint density at radius 3 is 2.72 bits per heavy atom. The summed E-state index contributed by atoms with van der Waals surface area (Å²) in [5, 5.41) is 8.78. The number of hydrogen-bond acceptors (Lipinski definition) is 3. The van der Waals surface area contributed by atoms with Gasteiger partial charge in [-0.05, 0) is 41.0 Å². The number of benzene rings is 1. The van der Waals surface area contributed by atoms with Crippen LogP contribution in [0.4, 0.5) is 0 Å². The van der Waals surface area contributed by atoms with Crippen LogP contribution in [0.3, 0.4) is 0 Å². The Morgan fingerprint density at radius 1 is 1.39 bits per heavy atom. The van der Waals surface area contributed by atoms with E-state index in [9.17, 15) is 4.79 Å². The zero-order chi connectivity index (χ0) is 13.4. The van der Waals surface area contributed by atoms with Crippen LogP contribution in [0.2, 0.25) is 0 Å². The fraction of sp³-hybridized carbons (Fsp3) is 0.462. The SMILES string of the molecule is CCCN(CCOc1ccccc1Br)CC(=O)O.